The molecule has 1 amide bonds. The van der Waals surface area contributed by atoms with Gasteiger partial charge in [0.1, 0.15) is 5.69 Å². The number of hydrogen-bond acceptors (Lipinski definition) is 3. The van der Waals surface area contributed by atoms with Gasteiger partial charge in [-0.15, -0.1) is 0 Å². The van der Waals surface area contributed by atoms with Crippen LogP contribution in [0.2, 0.25) is 0 Å². The number of aromatic nitrogens is 2. The van der Waals surface area contributed by atoms with E-state index < -0.39 is 6.43 Å². The Balaban J connectivity index is 1.72. The lowest BCUT2D eigenvalue weighted by Gasteiger charge is -2.40. The largest absolute Gasteiger partial charge is 0.371 e. The van der Waals surface area contributed by atoms with Crippen LogP contribution >= 0.6 is 0 Å². The van der Waals surface area contributed by atoms with Gasteiger partial charge in [-0.05, 0) is 18.9 Å². The van der Waals surface area contributed by atoms with Crippen LogP contribution in [0.1, 0.15) is 48.3 Å². The van der Waals surface area contributed by atoms with Gasteiger partial charge in [0.15, 0.2) is 5.69 Å². The maximum Gasteiger partial charge on any atom is 0.279 e. The van der Waals surface area contributed by atoms with E-state index >= 15 is 0 Å². The molecule has 1 spiro atoms. The molecule has 3 rings (SSSR count). The molecule has 0 atom stereocenters. The van der Waals surface area contributed by atoms with Crippen LogP contribution in [0, 0.1) is 0 Å². The molecule has 0 radical (unpaired) electrons. The Morgan fingerprint density at radius 1 is 1.45 bits per heavy atom. The quantitative estimate of drug-likeness (QED) is 0.905. The first kappa shape index (κ1) is 13.5. The second-order valence-electron chi connectivity index (χ2n) is 5.47. The first-order valence-electron chi connectivity index (χ1n) is 6.86. The van der Waals surface area contributed by atoms with E-state index in [1.165, 1.54) is 0 Å². The SMILES string of the molecule is O=C(c1cc(C(F)F)[nH]n1)N1CCOC2(CCCC2)C1. The number of nitrogens with one attached hydrogen (secondary N) is 1. The summed E-state index contributed by atoms with van der Waals surface area (Å²) in [5.74, 6) is -0.303. The third-order valence-electron chi connectivity index (χ3n) is 4.10. The maximum absolute atomic E-state index is 12.5. The molecule has 2 heterocycles. The number of ether oxygens (including phenoxy) is 1. The molecule has 0 unspecified atom stereocenters. The summed E-state index contributed by atoms with van der Waals surface area (Å²) < 4.78 is 30.9. The van der Waals surface area contributed by atoms with Gasteiger partial charge in [0.05, 0.1) is 18.8 Å². The lowest BCUT2D eigenvalue weighted by Crippen LogP contribution is -2.52. The molecule has 1 saturated carbocycles. The molecule has 2 aliphatic rings. The number of amides is 1. The third kappa shape index (κ3) is 2.42. The molecule has 1 N–H and O–H groups in total. The Morgan fingerprint density at radius 3 is 2.85 bits per heavy atom. The molecular formula is C13H17F2N3O2. The molecule has 1 aromatic heterocycles. The average molecular weight is 285 g/mol. The summed E-state index contributed by atoms with van der Waals surface area (Å²) in [5.41, 5.74) is -0.497. The van der Waals surface area contributed by atoms with E-state index in [9.17, 15) is 13.6 Å². The van der Waals surface area contributed by atoms with Gasteiger partial charge >= 0.3 is 0 Å². The first-order valence-corrected chi connectivity index (χ1v) is 6.86. The zero-order chi connectivity index (χ0) is 14.2. The third-order valence-corrected chi connectivity index (χ3v) is 4.10. The molecule has 2 fully saturated rings. The van der Waals surface area contributed by atoms with Gasteiger partial charge in [-0.1, -0.05) is 12.8 Å². The molecule has 1 saturated heterocycles. The molecule has 20 heavy (non-hydrogen) atoms. The standard InChI is InChI=1S/C13H17F2N3O2/c14-11(15)9-7-10(17-16-9)12(19)18-5-6-20-13(8-18)3-1-2-4-13/h7,11H,1-6,8H2,(H,16,17). The van der Waals surface area contributed by atoms with Crippen molar-refractivity contribution < 1.29 is 18.3 Å². The van der Waals surface area contributed by atoms with E-state index in [0.29, 0.717) is 19.7 Å². The van der Waals surface area contributed by atoms with Gasteiger partial charge in [0.25, 0.3) is 12.3 Å². The monoisotopic (exact) mass is 285 g/mol. The number of nitrogens with zero attached hydrogens (tertiary/aromatic N) is 2. The summed E-state index contributed by atoms with van der Waals surface area (Å²) in [6, 6.07) is 1.13. The highest BCUT2D eigenvalue weighted by atomic mass is 19.3. The zero-order valence-electron chi connectivity index (χ0n) is 11.1. The summed E-state index contributed by atoms with van der Waals surface area (Å²) in [5, 5.41) is 5.90. The second-order valence-corrected chi connectivity index (χ2v) is 5.47. The molecule has 7 heteroatoms. The van der Waals surface area contributed by atoms with Crippen molar-refractivity contribution in [2.75, 3.05) is 19.7 Å². The molecule has 5 nitrogen and oxygen atoms in total. The molecule has 110 valence electrons. The number of aromatic amines is 1. The van der Waals surface area contributed by atoms with Gasteiger partial charge in [0, 0.05) is 6.54 Å². The summed E-state index contributed by atoms with van der Waals surface area (Å²) in [6.45, 7) is 1.51. The summed E-state index contributed by atoms with van der Waals surface area (Å²) in [7, 11) is 0. The summed E-state index contributed by atoms with van der Waals surface area (Å²) >= 11 is 0. The molecule has 0 aromatic carbocycles. The number of hydrogen-bond donors (Lipinski definition) is 1. The Morgan fingerprint density at radius 2 is 2.20 bits per heavy atom. The number of halogens is 2. The predicted octanol–water partition coefficient (Wildman–Crippen LogP) is 2.13. The van der Waals surface area contributed by atoms with Crippen LogP contribution in [-0.4, -0.2) is 46.3 Å². The van der Waals surface area contributed by atoms with Crippen molar-refractivity contribution in [2.24, 2.45) is 0 Å². The Bertz CT molecular complexity index is 498. The van der Waals surface area contributed by atoms with E-state index in [2.05, 4.69) is 10.2 Å². The van der Waals surface area contributed by atoms with Crippen molar-refractivity contribution in [1.82, 2.24) is 15.1 Å². The highest BCUT2D eigenvalue weighted by Gasteiger charge is 2.41. The van der Waals surface area contributed by atoms with Gasteiger partial charge in [-0.25, -0.2) is 8.78 Å². The van der Waals surface area contributed by atoms with Crippen LogP contribution in [0.5, 0.6) is 0 Å². The highest BCUT2D eigenvalue weighted by Crippen LogP contribution is 2.36. The van der Waals surface area contributed by atoms with Crippen LogP contribution in [0.3, 0.4) is 0 Å². The minimum Gasteiger partial charge on any atom is -0.371 e. The normalized spacial score (nSPS) is 21.9. The Hall–Kier alpha value is -1.50. The predicted molar refractivity (Wildman–Crippen MR) is 66.6 cm³/mol. The van der Waals surface area contributed by atoms with E-state index in [0.717, 1.165) is 31.7 Å². The van der Waals surface area contributed by atoms with Gasteiger partial charge in [0.2, 0.25) is 0 Å². The molecule has 0 bridgehead atoms. The minimum absolute atomic E-state index is 0.0512. The molecule has 1 aliphatic carbocycles. The van der Waals surface area contributed by atoms with E-state index in [-0.39, 0.29) is 22.9 Å². The van der Waals surface area contributed by atoms with Gasteiger partial charge < -0.3 is 9.64 Å². The number of carbonyl (C=O) groups is 1. The fraction of sp³-hybridized carbons (Fsp3) is 0.692. The fourth-order valence-electron chi connectivity index (χ4n) is 3.06. The van der Waals surface area contributed by atoms with Gasteiger partial charge in [-0.3, -0.25) is 9.89 Å². The number of alkyl halides is 2. The van der Waals surface area contributed by atoms with Crippen LogP contribution in [-0.2, 0) is 4.74 Å². The number of morpholine rings is 1. The van der Waals surface area contributed by atoms with Crippen molar-refractivity contribution >= 4 is 5.91 Å². The van der Waals surface area contributed by atoms with Crippen LogP contribution in [0.25, 0.3) is 0 Å². The zero-order valence-corrected chi connectivity index (χ0v) is 11.1. The Kier molecular flexibility index (Phi) is 3.45. The van der Waals surface area contributed by atoms with Crippen molar-refractivity contribution in [2.45, 2.75) is 37.7 Å². The summed E-state index contributed by atoms with van der Waals surface area (Å²) in [6.07, 6.45) is 1.49. The minimum atomic E-state index is -2.64. The number of rotatable bonds is 2. The van der Waals surface area contributed by atoms with Crippen LogP contribution in [0.15, 0.2) is 6.07 Å². The van der Waals surface area contributed by atoms with E-state index in [4.69, 9.17) is 4.74 Å². The average Bonchev–Trinajstić information content (AvgIpc) is 3.08. The van der Waals surface area contributed by atoms with Crippen molar-refractivity contribution in [3.8, 4) is 0 Å². The fourth-order valence-corrected chi connectivity index (χ4v) is 3.06. The number of H-pyrrole nitrogens is 1. The molecule has 1 aliphatic heterocycles. The molecular weight excluding hydrogens is 268 g/mol. The number of carbonyl (C=O) groups excluding carboxylic acids is 1. The van der Waals surface area contributed by atoms with Crippen LogP contribution in [0.4, 0.5) is 8.78 Å². The van der Waals surface area contributed by atoms with Crippen molar-refractivity contribution in [1.29, 1.82) is 0 Å². The van der Waals surface area contributed by atoms with Crippen molar-refractivity contribution in [3.05, 3.63) is 17.5 Å². The smallest absolute Gasteiger partial charge is 0.279 e. The van der Waals surface area contributed by atoms with Crippen molar-refractivity contribution in [3.63, 3.8) is 0 Å². The van der Waals surface area contributed by atoms with E-state index in [1.54, 1.807) is 4.90 Å². The maximum atomic E-state index is 12.5. The first-order chi connectivity index (χ1) is 9.60. The topological polar surface area (TPSA) is 58.2 Å². The van der Waals surface area contributed by atoms with E-state index in [1.807, 2.05) is 0 Å². The molecule has 1 aromatic rings. The van der Waals surface area contributed by atoms with Gasteiger partial charge in [-0.2, -0.15) is 5.10 Å². The Labute approximate surface area is 115 Å². The lowest BCUT2D eigenvalue weighted by atomic mass is 9.99. The summed E-state index contributed by atoms with van der Waals surface area (Å²) in [4.78, 5) is 14.0. The van der Waals surface area contributed by atoms with Crippen LogP contribution < -0.4 is 0 Å². The highest BCUT2D eigenvalue weighted by molar-refractivity contribution is 5.92. The second kappa shape index (κ2) is 5.12. The lowest BCUT2D eigenvalue weighted by molar-refractivity contribution is -0.0949.